The van der Waals surface area contributed by atoms with Crippen molar-refractivity contribution in [3.63, 3.8) is 0 Å². The molecule has 0 aliphatic carbocycles. The highest BCUT2D eigenvalue weighted by Crippen LogP contribution is 2.30. The van der Waals surface area contributed by atoms with Crippen LogP contribution in [0.15, 0.2) is 36.5 Å². The summed E-state index contributed by atoms with van der Waals surface area (Å²) in [6, 6.07) is -0.918. The monoisotopic (exact) mass is 1030 g/mol. The molecule has 14 nitrogen and oxygen atoms in total. The van der Waals surface area contributed by atoms with Crippen LogP contribution in [0.2, 0.25) is 0 Å². The van der Waals surface area contributed by atoms with Gasteiger partial charge < -0.3 is 65.1 Å². The Balaban J connectivity index is 1.79. The number of aliphatic hydroxyl groups is 8. The highest BCUT2D eigenvalue weighted by Gasteiger charge is 2.51. The zero-order chi connectivity index (χ0) is 52.4. The molecule has 14 heteroatoms. The van der Waals surface area contributed by atoms with Crippen LogP contribution in [0.3, 0.4) is 0 Å². The summed E-state index contributed by atoms with van der Waals surface area (Å²) >= 11 is 0. The van der Waals surface area contributed by atoms with Crippen LogP contribution < -0.4 is 5.32 Å². The molecule has 2 aliphatic rings. The molecule has 0 spiro atoms. The van der Waals surface area contributed by atoms with E-state index in [0.717, 1.165) is 57.8 Å². The van der Waals surface area contributed by atoms with Gasteiger partial charge >= 0.3 is 0 Å². The van der Waals surface area contributed by atoms with Crippen molar-refractivity contribution in [2.75, 3.05) is 19.8 Å². The summed E-state index contributed by atoms with van der Waals surface area (Å²) in [5, 5.41) is 87.0. The lowest BCUT2D eigenvalue weighted by molar-refractivity contribution is -0.359. The van der Waals surface area contributed by atoms with Crippen LogP contribution in [0.5, 0.6) is 0 Å². The van der Waals surface area contributed by atoms with Gasteiger partial charge in [-0.1, -0.05) is 211 Å². The second-order valence-electron chi connectivity index (χ2n) is 20.8. The SMILES string of the molecule is CCCCCC/C=C\C/C=C\CCCCCCCCCC(=O)NC(COC1OC(CO)C(OC2OC(CO)C(O)C(O)C2O)C(O)C1O)C(O)/C=C/CCCCCCCCCCCCCCCCCCCC. The average Bonchev–Trinajstić information content (AvgIpc) is 3.38. The Hall–Kier alpha value is -1.79. The van der Waals surface area contributed by atoms with Gasteiger partial charge in [0.25, 0.3) is 0 Å². The molecule has 1 amide bonds. The molecule has 9 N–H and O–H groups in total. The number of rotatable bonds is 46. The molecule has 12 unspecified atom stereocenters. The third-order valence-corrected chi connectivity index (χ3v) is 14.3. The molecule has 0 aromatic heterocycles. The largest absolute Gasteiger partial charge is 0.394 e. The van der Waals surface area contributed by atoms with E-state index in [-0.39, 0.29) is 18.9 Å². The number of carbonyl (C=O) groups excluding carboxylic acids is 1. The molecule has 12 atom stereocenters. The fourth-order valence-electron chi connectivity index (χ4n) is 9.56. The Morgan fingerprint density at radius 1 is 0.500 bits per heavy atom. The van der Waals surface area contributed by atoms with Crippen LogP contribution in [0.4, 0.5) is 0 Å². The fraction of sp³-hybridized carbons (Fsp3) is 0.879. The number of carbonyl (C=O) groups is 1. The van der Waals surface area contributed by atoms with Crippen molar-refractivity contribution in [2.45, 2.75) is 306 Å². The second-order valence-corrected chi connectivity index (χ2v) is 20.8. The minimum absolute atomic E-state index is 0.246. The normalized spacial score (nSPS) is 25.8. The first-order chi connectivity index (χ1) is 35.1. The van der Waals surface area contributed by atoms with Gasteiger partial charge in [-0.25, -0.2) is 0 Å². The van der Waals surface area contributed by atoms with Gasteiger partial charge in [0.15, 0.2) is 12.6 Å². The van der Waals surface area contributed by atoms with Crippen LogP contribution in [0.25, 0.3) is 0 Å². The molecule has 2 heterocycles. The first kappa shape index (κ1) is 66.3. The van der Waals surface area contributed by atoms with E-state index in [2.05, 4.69) is 43.5 Å². The van der Waals surface area contributed by atoms with Gasteiger partial charge in [-0.15, -0.1) is 0 Å². The lowest BCUT2D eigenvalue weighted by Gasteiger charge is -2.46. The molecular formula is C58H107NO13. The summed E-state index contributed by atoms with van der Waals surface area (Å²) in [5.74, 6) is -0.246. The number of amides is 1. The van der Waals surface area contributed by atoms with Gasteiger partial charge in [0.1, 0.15) is 48.8 Å². The number of allylic oxidation sites excluding steroid dienone is 5. The number of hydrogen-bond donors (Lipinski definition) is 9. The zero-order valence-corrected chi connectivity index (χ0v) is 45.2. The quantitative estimate of drug-likeness (QED) is 0.0205. The fourth-order valence-corrected chi connectivity index (χ4v) is 9.56. The Bertz CT molecular complexity index is 1350. The molecule has 0 saturated carbocycles. The van der Waals surface area contributed by atoms with Crippen molar-refractivity contribution in [1.82, 2.24) is 5.32 Å². The predicted octanol–water partition coefficient (Wildman–Crippen LogP) is 9.44. The van der Waals surface area contributed by atoms with E-state index >= 15 is 0 Å². The number of unbranched alkanes of at least 4 members (excludes halogenated alkanes) is 29. The van der Waals surface area contributed by atoms with Gasteiger partial charge in [-0.2, -0.15) is 0 Å². The molecule has 72 heavy (non-hydrogen) atoms. The molecule has 2 aliphatic heterocycles. The van der Waals surface area contributed by atoms with E-state index in [9.17, 15) is 45.6 Å². The van der Waals surface area contributed by atoms with Crippen LogP contribution >= 0.6 is 0 Å². The molecule has 2 fully saturated rings. The average molecular weight is 1030 g/mol. The molecule has 2 rings (SSSR count). The highest BCUT2D eigenvalue weighted by atomic mass is 16.7. The standard InChI is InChI=1S/C58H107NO13/c1-3-5-7-9-11-13-15-17-19-21-23-24-25-27-29-31-33-35-37-39-41-47(62)46(59-50(63)42-40-38-36-34-32-30-28-26-22-20-18-16-14-12-10-8-6-4-2)45-69-57-55(68)53(66)56(49(44-61)71-57)72-58-54(67)52(65)51(64)48(43-60)70-58/h14,16,20,22,39,41,46-49,51-58,60-62,64-68H,3-13,15,17-19,21,23-38,40,42-45H2,1-2H3,(H,59,63)/b16-14-,22-20-,41-39+. The first-order valence-electron chi connectivity index (χ1n) is 29.2. The summed E-state index contributed by atoms with van der Waals surface area (Å²) in [6.07, 6.45) is 36.0. The molecular weight excluding hydrogens is 919 g/mol. The van der Waals surface area contributed by atoms with Gasteiger partial charge in [0.2, 0.25) is 5.91 Å². The molecule has 422 valence electrons. The van der Waals surface area contributed by atoms with Crippen LogP contribution in [-0.4, -0.2) is 140 Å². The van der Waals surface area contributed by atoms with Gasteiger partial charge in [-0.05, 0) is 51.4 Å². The third-order valence-electron chi connectivity index (χ3n) is 14.3. The molecule has 0 aromatic rings. The van der Waals surface area contributed by atoms with Crippen LogP contribution in [0, 0.1) is 0 Å². The lowest BCUT2D eigenvalue weighted by atomic mass is 9.97. The lowest BCUT2D eigenvalue weighted by Crippen LogP contribution is -2.65. The van der Waals surface area contributed by atoms with Gasteiger partial charge in [0, 0.05) is 6.42 Å². The van der Waals surface area contributed by atoms with Crippen molar-refractivity contribution in [3.05, 3.63) is 36.5 Å². The Morgan fingerprint density at radius 2 is 0.917 bits per heavy atom. The molecule has 0 aromatic carbocycles. The number of hydrogen-bond acceptors (Lipinski definition) is 13. The first-order valence-corrected chi connectivity index (χ1v) is 29.2. The van der Waals surface area contributed by atoms with Crippen molar-refractivity contribution in [2.24, 2.45) is 0 Å². The maximum atomic E-state index is 13.2. The number of aliphatic hydroxyl groups excluding tert-OH is 8. The molecule has 0 radical (unpaired) electrons. The smallest absolute Gasteiger partial charge is 0.220 e. The highest BCUT2D eigenvalue weighted by molar-refractivity contribution is 5.76. The number of nitrogens with one attached hydrogen (secondary N) is 1. The van der Waals surface area contributed by atoms with E-state index in [1.165, 1.54) is 148 Å². The van der Waals surface area contributed by atoms with Crippen molar-refractivity contribution < 1.29 is 64.6 Å². The van der Waals surface area contributed by atoms with Crippen LogP contribution in [0.1, 0.15) is 232 Å². The van der Waals surface area contributed by atoms with Crippen molar-refractivity contribution >= 4 is 5.91 Å². The van der Waals surface area contributed by atoms with E-state index < -0.39 is 86.8 Å². The maximum Gasteiger partial charge on any atom is 0.220 e. The van der Waals surface area contributed by atoms with Crippen LogP contribution in [-0.2, 0) is 23.7 Å². The molecule has 2 saturated heterocycles. The topological polar surface area (TPSA) is 228 Å². The minimum Gasteiger partial charge on any atom is -0.394 e. The Kier molecular flexibility index (Phi) is 40.9. The van der Waals surface area contributed by atoms with Crippen molar-refractivity contribution in [1.29, 1.82) is 0 Å². The van der Waals surface area contributed by atoms with E-state index in [4.69, 9.17) is 18.9 Å². The summed E-state index contributed by atoms with van der Waals surface area (Å²) in [7, 11) is 0. The summed E-state index contributed by atoms with van der Waals surface area (Å²) < 4.78 is 22.8. The number of ether oxygens (including phenoxy) is 4. The van der Waals surface area contributed by atoms with E-state index in [0.29, 0.717) is 6.42 Å². The maximum absolute atomic E-state index is 13.2. The van der Waals surface area contributed by atoms with E-state index in [1.54, 1.807) is 6.08 Å². The third kappa shape index (κ3) is 30.1. The summed E-state index contributed by atoms with van der Waals surface area (Å²) in [5.41, 5.74) is 0. The van der Waals surface area contributed by atoms with Gasteiger partial charge in [-0.3, -0.25) is 4.79 Å². The summed E-state index contributed by atoms with van der Waals surface area (Å²) in [6.45, 7) is 2.79. The second kappa shape index (κ2) is 44.3. The molecule has 0 bridgehead atoms. The minimum atomic E-state index is -1.79. The Labute approximate surface area is 436 Å². The zero-order valence-electron chi connectivity index (χ0n) is 45.2. The van der Waals surface area contributed by atoms with E-state index in [1.807, 2.05) is 6.08 Å². The van der Waals surface area contributed by atoms with Gasteiger partial charge in [0.05, 0.1) is 32.0 Å². The Morgan fingerprint density at radius 3 is 1.40 bits per heavy atom. The van der Waals surface area contributed by atoms with Crippen molar-refractivity contribution in [3.8, 4) is 0 Å². The predicted molar refractivity (Wildman–Crippen MR) is 286 cm³/mol. The summed E-state index contributed by atoms with van der Waals surface area (Å²) in [4.78, 5) is 13.2.